The first kappa shape index (κ1) is 6.66. The number of hydrogen-bond acceptors (Lipinski definition) is 1. The van der Waals surface area contributed by atoms with Crippen LogP contribution in [0.4, 0.5) is 0 Å². The van der Waals surface area contributed by atoms with Gasteiger partial charge in [0.05, 0.1) is 0 Å². The van der Waals surface area contributed by atoms with Crippen molar-refractivity contribution in [2.24, 2.45) is 5.41 Å². The predicted molar refractivity (Wildman–Crippen MR) is 43.0 cm³/mol. The molecule has 1 saturated heterocycles. The third-order valence-corrected chi connectivity index (χ3v) is 3.06. The molecule has 0 aromatic rings. The molecule has 0 amide bonds. The Balaban J connectivity index is 1.96. The van der Waals surface area contributed by atoms with Crippen LogP contribution in [0, 0.1) is 5.41 Å². The van der Waals surface area contributed by atoms with Gasteiger partial charge in [-0.25, -0.2) is 0 Å². The smallest absolute Gasteiger partial charge is 0.00349 e. The summed E-state index contributed by atoms with van der Waals surface area (Å²) in [5, 5.41) is 0. The van der Waals surface area contributed by atoms with Crippen LogP contribution in [-0.4, -0.2) is 25.0 Å². The highest BCUT2D eigenvalue weighted by atomic mass is 15.1. The Labute approximate surface area is 63.4 Å². The van der Waals surface area contributed by atoms with Gasteiger partial charge < -0.3 is 4.90 Å². The molecule has 1 aliphatic heterocycles. The lowest BCUT2D eigenvalue weighted by Crippen LogP contribution is -2.24. The van der Waals surface area contributed by atoms with Gasteiger partial charge in [-0.15, -0.1) is 0 Å². The molecule has 1 heteroatoms. The van der Waals surface area contributed by atoms with Gasteiger partial charge in [0.15, 0.2) is 0 Å². The summed E-state index contributed by atoms with van der Waals surface area (Å²) < 4.78 is 0. The van der Waals surface area contributed by atoms with Crippen LogP contribution < -0.4 is 0 Å². The minimum absolute atomic E-state index is 0.811. The maximum atomic E-state index is 2.51. The van der Waals surface area contributed by atoms with Gasteiger partial charge >= 0.3 is 0 Å². The van der Waals surface area contributed by atoms with Gasteiger partial charge in [0.1, 0.15) is 0 Å². The number of likely N-dealkylation sites (tertiary alicyclic amines) is 1. The van der Waals surface area contributed by atoms with Crippen LogP contribution in [0.25, 0.3) is 0 Å². The molecule has 2 rings (SSSR count). The summed E-state index contributed by atoms with van der Waals surface area (Å²) in [7, 11) is 2.27. The van der Waals surface area contributed by atoms with E-state index in [0.29, 0.717) is 0 Å². The summed E-state index contributed by atoms with van der Waals surface area (Å²) in [6.45, 7) is 2.72. The summed E-state index contributed by atoms with van der Waals surface area (Å²) in [6.07, 6.45) is 7.44. The standard InChI is InChI=1S/C9H17N/c1-10-7-3-2-4-9(8-10)5-6-9/h2-8H2,1H3. The Kier molecular flexibility index (Phi) is 1.48. The summed E-state index contributed by atoms with van der Waals surface area (Å²) in [6, 6.07) is 0. The van der Waals surface area contributed by atoms with Crippen LogP contribution in [-0.2, 0) is 0 Å². The van der Waals surface area contributed by atoms with Gasteiger partial charge in [0.2, 0.25) is 0 Å². The van der Waals surface area contributed by atoms with Crippen LogP contribution in [0.3, 0.4) is 0 Å². The average molecular weight is 139 g/mol. The van der Waals surface area contributed by atoms with Crippen molar-refractivity contribution in [2.45, 2.75) is 32.1 Å². The summed E-state index contributed by atoms with van der Waals surface area (Å²) in [5.41, 5.74) is 0.811. The van der Waals surface area contributed by atoms with E-state index in [1.54, 1.807) is 0 Å². The normalized spacial score (nSPS) is 32.1. The molecular formula is C9H17N. The molecule has 0 radical (unpaired) electrons. The van der Waals surface area contributed by atoms with E-state index >= 15 is 0 Å². The van der Waals surface area contributed by atoms with Crippen LogP contribution >= 0.6 is 0 Å². The Bertz CT molecular complexity index is 127. The van der Waals surface area contributed by atoms with Crippen molar-refractivity contribution in [3.8, 4) is 0 Å². The summed E-state index contributed by atoms with van der Waals surface area (Å²) in [5.74, 6) is 0. The van der Waals surface area contributed by atoms with Crippen molar-refractivity contribution in [1.82, 2.24) is 4.90 Å². The molecule has 0 bridgehead atoms. The van der Waals surface area contributed by atoms with Gasteiger partial charge in [-0.1, -0.05) is 6.42 Å². The molecule has 0 aromatic carbocycles. The third kappa shape index (κ3) is 1.20. The topological polar surface area (TPSA) is 3.24 Å². The van der Waals surface area contributed by atoms with Crippen LogP contribution in [0.5, 0.6) is 0 Å². The van der Waals surface area contributed by atoms with Crippen molar-refractivity contribution in [3.05, 3.63) is 0 Å². The molecule has 1 saturated carbocycles. The van der Waals surface area contributed by atoms with Gasteiger partial charge in [-0.3, -0.25) is 0 Å². The Morgan fingerprint density at radius 3 is 2.60 bits per heavy atom. The predicted octanol–water partition coefficient (Wildman–Crippen LogP) is 1.88. The van der Waals surface area contributed by atoms with E-state index in [0.717, 1.165) is 5.41 Å². The second-order valence-corrected chi connectivity index (χ2v) is 4.19. The Hall–Kier alpha value is -0.0400. The zero-order chi connectivity index (χ0) is 7.03. The Morgan fingerprint density at radius 2 is 1.90 bits per heavy atom. The largest absolute Gasteiger partial charge is 0.306 e. The van der Waals surface area contributed by atoms with E-state index in [1.165, 1.54) is 45.2 Å². The first-order valence-corrected chi connectivity index (χ1v) is 4.49. The molecular weight excluding hydrogens is 122 g/mol. The highest BCUT2D eigenvalue weighted by Gasteiger charge is 2.43. The highest BCUT2D eigenvalue weighted by molar-refractivity contribution is 4.96. The molecule has 1 spiro atoms. The van der Waals surface area contributed by atoms with Gasteiger partial charge in [-0.05, 0) is 44.7 Å². The van der Waals surface area contributed by atoms with Gasteiger partial charge in [-0.2, -0.15) is 0 Å². The molecule has 10 heavy (non-hydrogen) atoms. The lowest BCUT2D eigenvalue weighted by Gasteiger charge is -2.18. The molecule has 2 aliphatic rings. The molecule has 0 atom stereocenters. The van der Waals surface area contributed by atoms with Crippen molar-refractivity contribution in [2.75, 3.05) is 20.1 Å². The fourth-order valence-electron chi connectivity index (χ4n) is 2.20. The maximum Gasteiger partial charge on any atom is 0.00349 e. The lowest BCUT2D eigenvalue weighted by atomic mass is 10.0. The van der Waals surface area contributed by atoms with Crippen molar-refractivity contribution >= 4 is 0 Å². The van der Waals surface area contributed by atoms with E-state index in [-0.39, 0.29) is 0 Å². The van der Waals surface area contributed by atoms with Crippen LogP contribution in [0.1, 0.15) is 32.1 Å². The SMILES string of the molecule is CN1CCCCC2(CC2)C1. The van der Waals surface area contributed by atoms with E-state index < -0.39 is 0 Å². The minimum Gasteiger partial charge on any atom is -0.306 e. The zero-order valence-electron chi connectivity index (χ0n) is 6.90. The quantitative estimate of drug-likeness (QED) is 0.495. The van der Waals surface area contributed by atoms with Crippen molar-refractivity contribution < 1.29 is 0 Å². The molecule has 0 N–H and O–H groups in total. The second kappa shape index (κ2) is 2.23. The monoisotopic (exact) mass is 139 g/mol. The van der Waals surface area contributed by atoms with Crippen LogP contribution in [0.2, 0.25) is 0 Å². The fraction of sp³-hybridized carbons (Fsp3) is 1.00. The molecule has 1 aliphatic carbocycles. The number of nitrogens with zero attached hydrogens (tertiary/aromatic N) is 1. The van der Waals surface area contributed by atoms with Crippen molar-refractivity contribution in [1.29, 1.82) is 0 Å². The molecule has 0 unspecified atom stereocenters. The summed E-state index contributed by atoms with van der Waals surface area (Å²) >= 11 is 0. The number of rotatable bonds is 0. The fourth-order valence-corrected chi connectivity index (χ4v) is 2.20. The van der Waals surface area contributed by atoms with Gasteiger partial charge in [0, 0.05) is 6.54 Å². The van der Waals surface area contributed by atoms with Crippen LogP contribution in [0.15, 0.2) is 0 Å². The molecule has 2 fully saturated rings. The van der Waals surface area contributed by atoms with Gasteiger partial charge in [0.25, 0.3) is 0 Å². The van der Waals surface area contributed by atoms with E-state index in [2.05, 4.69) is 11.9 Å². The lowest BCUT2D eigenvalue weighted by molar-refractivity contribution is 0.286. The molecule has 1 nitrogen and oxygen atoms in total. The second-order valence-electron chi connectivity index (χ2n) is 4.19. The Morgan fingerprint density at radius 1 is 1.10 bits per heavy atom. The first-order valence-electron chi connectivity index (χ1n) is 4.49. The molecule has 0 aromatic heterocycles. The molecule has 58 valence electrons. The first-order chi connectivity index (χ1) is 4.81. The van der Waals surface area contributed by atoms with E-state index in [1.807, 2.05) is 0 Å². The molecule has 1 heterocycles. The number of hydrogen-bond donors (Lipinski definition) is 0. The van der Waals surface area contributed by atoms with Crippen molar-refractivity contribution in [3.63, 3.8) is 0 Å². The maximum absolute atomic E-state index is 2.51. The highest BCUT2D eigenvalue weighted by Crippen LogP contribution is 2.51. The van der Waals surface area contributed by atoms with E-state index in [4.69, 9.17) is 0 Å². The average Bonchev–Trinajstić information content (AvgIpc) is 2.64. The summed E-state index contributed by atoms with van der Waals surface area (Å²) in [4.78, 5) is 2.51. The zero-order valence-corrected chi connectivity index (χ0v) is 6.90. The minimum atomic E-state index is 0.811. The van der Waals surface area contributed by atoms with E-state index in [9.17, 15) is 0 Å². The third-order valence-electron chi connectivity index (χ3n) is 3.06.